The number of hydrogen-bond donors (Lipinski definition) is 2. The van der Waals surface area contributed by atoms with Crippen LogP contribution in [0.15, 0.2) is 24.3 Å². The third-order valence-electron chi connectivity index (χ3n) is 4.75. The van der Waals surface area contributed by atoms with Crippen LogP contribution in [0.5, 0.6) is 0 Å². The maximum absolute atomic E-state index is 12.0. The van der Waals surface area contributed by atoms with Crippen LogP contribution in [0, 0.1) is 0 Å². The average molecular weight is 318 g/mol. The van der Waals surface area contributed by atoms with Crippen molar-refractivity contribution in [1.82, 2.24) is 15.1 Å². The molecule has 1 unspecified atom stereocenters. The van der Waals surface area contributed by atoms with E-state index in [9.17, 15) is 4.79 Å². The van der Waals surface area contributed by atoms with Gasteiger partial charge in [0.25, 0.3) is 0 Å². The van der Waals surface area contributed by atoms with E-state index >= 15 is 0 Å². The fourth-order valence-corrected chi connectivity index (χ4v) is 3.01. The summed E-state index contributed by atoms with van der Waals surface area (Å²) in [4.78, 5) is 17.0. The molecular formula is C18H30N4O. The minimum absolute atomic E-state index is 0.104. The first kappa shape index (κ1) is 17.8. The highest BCUT2D eigenvalue weighted by Gasteiger charge is 2.20. The molecule has 1 aromatic rings. The number of piperazine rings is 1. The summed E-state index contributed by atoms with van der Waals surface area (Å²) in [5.41, 5.74) is 7.72. The molecule has 1 atom stereocenters. The highest BCUT2D eigenvalue weighted by atomic mass is 16.1. The number of anilines is 1. The molecule has 0 aromatic heterocycles. The topological polar surface area (TPSA) is 61.6 Å². The zero-order valence-corrected chi connectivity index (χ0v) is 14.4. The molecule has 0 radical (unpaired) electrons. The number of nitrogens with two attached hydrogens (primary N) is 1. The molecule has 1 amide bonds. The van der Waals surface area contributed by atoms with E-state index in [1.54, 1.807) is 0 Å². The molecular weight excluding hydrogens is 288 g/mol. The van der Waals surface area contributed by atoms with E-state index in [2.05, 4.69) is 29.0 Å². The van der Waals surface area contributed by atoms with E-state index in [0.29, 0.717) is 18.9 Å². The van der Waals surface area contributed by atoms with Gasteiger partial charge in [-0.3, -0.25) is 9.69 Å². The number of nitrogens with zero attached hydrogens (tertiary/aromatic N) is 2. The molecule has 1 saturated heterocycles. The van der Waals surface area contributed by atoms with Crippen molar-refractivity contribution in [2.24, 2.45) is 0 Å². The monoisotopic (exact) mass is 318 g/mol. The quantitative estimate of drug-likeness (QED) is 0.745. The molecule has 1 heterocycles. The number of likely N-dealkylation sites (N-methyl/N-ethyl adjacent to an activating group) is 1. The van der Waals surface area contributed by atoms with Crippen molar-refractivity contribution in [3.05, 3.63) is 29.8 Å². The molecule has 1 aromatic carbocycles. The Balaban J connectivity index is 1.67. The van der Waals surface area contributed by atoms with Gasteiger partial charge in [0, 0.05) is 50.9 Å². The number of para-hydroxylation sites is 1. The van der Waals surface area contributed by atoms with Crippen LogP contribution in [0.25, 0.3) is 0 Å². The van der Waals surface area contributed by atoms with Crippen LogP contribution < -0.4 is 11.1 Å². The van der Waals surface area contributed by atoms with Gasteiger partial charge in [0.1, 0.15) is 0 Å². The van der Waals surface area contributed by atoms with Crippen molar-refractivity contribution in [2.45, 2.75) is 32.7 Å². The number of carbonyl (C=O) groups excluding carboxylic acids is 1. The zero-order valence-electron chi connectivity index (χ0n) is 14.4. The smallest absolute Gasteiger partial charge is 0.220 e. The lowest BCUT2D eigenvalue weighted by molar-refractivity contribution is -0.121. The Morgan fingerprint density at radius 1 is 1.26 bits per heavy atom. The van der Waals surface area contributed by atoms with Crippen LogP contribution >= 0.6 is 0 Å². The fourth-order valence-electron chi connectivity index (χ4n) is 3.01. The molecule has 128 valence electrons. The number of hydrogen-bond acceptors (Lipinski definition) is 4. The van der Waals surface area contributed by atoms with Gasteiger partial charge in [-0.25, -0.2) is 0 Å². The molecule has 2 rings (SSSR count). The molecule has 0 spiro atoms. The first-order chi connectivity index (χ1) is 11.1. The molecule has 0 bridgehead atoms. The Kier molecular flexibility index (Phi) is 6.86. The molecule has 0 saturated carbocycles. The van der Waals surface area contributed by atoms with E-state index in [4.69, 9.17) is 5.73 Å². The Hall–Kier alpha value is -1.59. The Bertz CT molecular complexity index is 498. The predicted molar refractivity (Wildman–Crippen MR) is 95.3 cm³/mol. The number of rotatable bonds is 7. The third-order valence-corrected chi connectivity index (χ3v) is 4.75. The number of benzene rings is 1. The number of amides is 1. The van der Waals surface area contributed by atoms with Gasteiger partial charge in [0.15, 0.2) is 0 Å². The molecule has 0 aliphatic carbocycles. The van der Waals surface area contributed by atoms with E-state index in [-0.39, 0.29) is 5.91 Å². The SMILES string of the molecule is CCN1CCN(C(C)CNC(=O)CCc2ccccc2N)CC1. The largest absolute Gasteiger partial charge is 0.399 e. The Morgan fingerprint density at radius 3 is 2.61 bits per heavy atom. The van der Waals surface area contributed by atoms with Gasteiger partial charge in [-0.2, -0.15) is 0 Å². The first-order valence-electron chi connectivity index (χ1n) is 8.66. The molecule has 1 aliphatic heterocycles. The van der Waals surface area contributed by atoms with Crippen molar-refractivity contribution in [3.63, 3.8) is 0 Å². The predicted octanol–water partition coefficient (Wildman–Crippen LogP) is 1.34. The molecule has 1 fully saturated rings. The minimum Gasteiger partial charge on any atom is -0.399 e. The maximum atomic E-state index is 12.0. The maximum Gasteiger partial charge on any atom is 0.220 e. The summed E-state index contributed by atoms with van der Waals surface area (Å²) in [6, 6.07) is 8.13. The lowest BCUT2D eigenvalue weighted by Gasteiger charge is -2.37. The summed E-state index contributed by atoms with van der Waals surface area (Å²) in [6.45, 7) is 10.7. The van der Waals surface area contributed by atoms with Crippen LogP contribution in [0.1, 0.15) is 25.8 Å². The fraction of sp³-hybridized carbons (Fsp3) is 0.611. The number of nitrogen functional groups attached to an aromatic ring is 1. The van der Waals surface area contributed by atoms with Gasteiger partial charge in [-0.1, -0.05) is 25.1 Å². The molecule has 1 aliphatic rings. The molecule has 23 heavy (non-hydrogen) atoms. The molecule has 3 N–H and O–H groups in total. The van der Waals surface area contributed by atoms with Crippen molar-refractivity contribution in [3.8, 4) is 0 Å². The van der Waals surface area contributed by atoms with E-state index in [1.807, 2.05) is 24.3 Å². The summed E-state index contributed by atoms with van der Waals surface area (Å²) >= 11 is 0. The summed E-state index contributed by atoms with van der Waals surface area (Å²) in [6.07, 6.45) is 1.19. The summed E-state index contributed by atoms with van der Waals surface area (Å²) < 4.78 is 0. The van der Waals surface area contributed by atoms with Gasteiger partial charge in [0.05, 0.1) is 0 Å². The highest BCUT2D eigenvalue weighted by molar-refractivity contribution is 5.76. The van der Waals surface area contributed by atoms with Gasteiger partial charge < -0.3 is 16.0 Å². The standard InChI is InChI=1S/C18H30N4O/c1-3-21-10-12-22(13-11-21)15(2)14-20-18(23)9-8-16-6-4-5-7-17(16)19/h4-7,15H,3,8-14,19H2,1-2H3,(H,20,23). The van der Waals surface area contributed by atoms with Crippen LogP contribution in [0.3, 0.4) is 0 Å². The van der Waals surface area contributed by atoms with E-state index in [0.717, 1.165) is 50.5 Å². The second-order valence-electron chi connectivity index (χ2n) is 6.32. The van der Waals surface area contributed by atoms with Crippen molar-refractivity contribution < 1.29 is 4.79 Å². The third kappa shape index (κ3) is 5.52. The normalized spacial score (nSPS) is 17.8. The minimum atomic E-state index is 0.104. The van der Waals surface area contributed by atoms with Gasteiger partial charge in [0.2, 0.25) is 5.91 Å². The molecule has 5 heteroatoms. The zero-order chi connectivity index (χ0) is 16.7. The van der Waals surface area contributed by atoms with Crippen LogP contribution in [0.2, 0.25) is 0 Å². The van der Waals surface area contributed by atoms with Crippen LogP contribution in [-0.4, -0.2) is 61.0 Å². The first-order valence-corrected chi connectivity index (χ1v) is 8.66. The van der Waals surface area contributed by atoms with Crippen LogP contribution in [-0.2, 0) is 11.2 Å². The number of nitrogens with one attached hydrogen (secondary N) is 1. The Morgan fingerprint density at radius 2 is 1.96 bits per heavy atom. The van der Waals surface area contributed by atoms with E-state index < -0.39 is 0 Å². The highest BCUT2D eigenvalue weighted by Crippen LogP contribution is 2.12. The lowest BCUT2D eigenvalue weighted by atomic mass is 10.1. The average Bonchev–Trinajstić information content (AvgIpc) is 2.59. The lowest BCUT2D eigenvalue weighted by Crippen LogP contribution is -2.52. The summed E-state index contributed by atoms with van der Waals surface area (Å²) in [7, 11) is 0. The van der Waals surface area contributed by atoms with Crippen molar-refractivity contribution in [2.75, 3.05) is 45.0 Å². The van der Waals surface area contributed by atoms with Crippen LogP contribution in [0.4, 0.5) is 5.69 Å². The van der Waals surface area contributed by atoms with Gasteiger partial charge in [-0.05, 0) is 31.5 Å². The second-order valence-corrected chi connectivity index (χ2v) is 6.32. The van der Waals surface area contributed by atoms with Gasteiger partial charge >= 0.3 is 0 Å². The van der Waals surface area contributed by atoms with Gasteiger partial charge in [-0.15, -0.1) is 0 Å². The Labute approximate surface area is 139 Å². The van der Waals surface area contributed by atoms with Crippen molar-refractivity contribution >= 4 is 11.6 Å². The number of aryl methyl sites for hydroxylation is 1. The molecule has 5 nitrogen and oxygen atoms in total. The number of carbonyl (C=O) groups is 1. The van der Waals surface area contributed by atoms with Crippen molar-refractivity contribution in [1.29, 1.82) is 0 Å². The summed E-state index contributed by atoms with van der Waals surface area (Å²) in [5.74, 6) is 0.104. The second kappa shape index (κ2) is 8.89. The van der Waals surface area contributed by atoms with E-state index in [1.165, 1.54) is 0 Å². The summed E-state index contributed by atoms with van der Waals surface area (Å²) in [5, 5.41) is 3.06.